The number of nitrogens with one attached hydrogen (secondary N) is 1. The Kier molecular flexibility index (Phi) is 6.27. The molecule has 0 spiro atoms. The van der Waals surface area contributed by atoms with Crippen LogP contribution in [0, 0.1) is 11.7 Å². The van der Waals surface area contributed by atoms with Crippen LogP contribution in [0.5, 0.6) is 0 Å². The number of carbonyl (C=O) groups is 2. The van der Waals surface area contributed by atoms with Gasteiger partial charge in [-0.2, -0.15) is 0 Å². The molecule has 0 saturated carbocycles. The summed E-state index contributed by atoms with van der Waals surface area (Å²) in [6.07, 6.45) is 0. The van der Waals surface area contributed by atoms with E-state index in [9.17, 15) is 14.0 Å². The van der Waals surface area contributed by atoms with E-state index in [-0.39, 0.29) is 17.9 Å². The molecule has 2 aromatic carbocycles. The molecule has 1 heterocycles. The molecule has 0 aliphatic carbocycles. The summed E-state index contributed by atoms with van der Waals surface area (Å²) < 4.78 is 14.2. The molecule has 152 valence electrons. The second kappa shape index (κ2) is 8.69. The third kappa shape index (κ3) is 4.62. The highest BCUT2D eigenvalue weighted by atomic mass is 32.1. The minimum atomic E-state index is -0.700. The number of benzene rings is 2. The number of fused-ring (bicyclic) bond motifs is 1. The van der Waals surface area contributed by atoms with Crippen molar-refractivity contribution in [2.24, 2.45) is 5.92 Å². The van der Waals surface area contributed by atoms with Gasteiger partial charge in [0.05, 0.1) is 16.3 Å². The van der Waals surface area contributed by atoms with E-state index in [2.05, 4.69) is 10.3 Å². The first-order chi connectivity index (χ1) is 13.8. The van der Waals surface area contributed by atoms with E-state index in [0.717, 1.165) is 15.2 Å². The SMILES string of the molecule is CC(C)[C@H](NC(=O)c1ccc(F)cc1)C(=O)N(C)[C@@H](C)c1nc2ccccc2s1. The highest BCUT2D eigenvalue weighted by molar-refractivity contribution is 7.18. The number of carbonyl (C=O) groups excluding carboxylic acids is 2. The van der Waals surface area contributed by atoms with Crippen LogP contribution < -0.4 is 5.32 Å². The zero-order valence-electron chi connectivity index (χ0n) is 16.8. The number of para-hydroxylation sites is 1. The normalized spacial score (nSPS) is 13.3. The Hall–Kier alpha value is -2.80. The van der Waals surface area contributed by atoms with E-state index in [1.54, 1.807) is 23.3 Å². The quantitative estimate of drug-likeness (QED) is 0.651. The first kappa shape index (κ1) is 20.9. The topological polar surface area (TPSA) is 62.3 Å². The summed E-state index contributed by atoms with van der Waals surface area (Å²) in [6.45, 7) is 5.68. The van der Waals surface area contributed by atoms with Gasteiger partial charge in [0.2, 0.25) is 5.91 Å². The minimum Gasteiger partial charge on any atom is -0.340 e. The van der Waals surface area contributed by atoms with Gasteiger partial charge in [0.15, 0.2) is 0 Å². The van der Waals surface area contributed by atoms with Gasteiger partial charge in [-0.3, -0.25) is 9.59 Å². The van der Waals surface area contributed by atoms with Crippen molar-refractivity contribution < 1.29 is 14.0 Å². The summed E-state index contributed by atoms with van der Waals surface area (Å²) in [5.74, 6) is -1.13. The Balaban J connectivity index is 1.76. The third-order valence-corrected chi connectivity index (χ3v) is 6.13. The van der Waals surface area contributed by atoms with Gasteiger partial charge in [0, 0.05) is 12.6 Å². The van der Waals surface area contributed by atoms with Gasteiger partial charge >= 0.3 is 0 Å². The van der Waals surface area contributed by atoms with Crippen LogP contribution in [0.2, 0.25) is 0 Å². The summed E-state index contributed by atoms with van der Waals surface area (Å²) in [4.78, 5) is 32.0. The van der Waals surface area contributed by atoms with Crippen molar-refractivity contribution in [1.29, 1.82) is 0 Å². The molecule has 5 nitrogen and oxygen atoms in total. The number of hydrogen-bond donors (Lipinski definition) is 1. The van der Waals surface area contributed by atoms with Gasteiger partial charge in [0.25, 0.3) is 5.91 Å². The van der Waals surface area contributed by atoms with Gasteiger partial charge in [-0.05, 0) is 49.2 Å². The fraction of sp³-hybridized carbons (Fsp3) is 0.318. The van der Waals surface area contributed by atoms with Gasteiger partial charge in [-0.15, -0.1) is 11.3 Å². The molecule has 0 saturated heterocycles. The Morgan fingerprint density at radius 3 is 2.34 bits per heavy atom. The van der Waals surface area contributed by atoms with Crippen molar-refractivity contribution in [2.45, 2.75) is 32.9 Å². The second-order valence-corrected chi connectivity index (χ2v) is 8.41. The van der Waals surface area contributed by atoms with Crippen LogP contribution in [0.3, 0.4) is 0 Å². The lowest BCUT2D eigenvalue weighted by molar-refractivity contribution is -0.135. The number of likely N-dealkylation sites (N-methyl/N-ethyl adjacent to an activating group) is 1. The van der Waals surface area contributed by atoms with E-state index in [1.165, 1.54) is 24.3 Å². The average Bonchev–Trinajstić information content (AvgIpc) is 3.14. The molecule has 3 rings (SSSR count). The molecule has 29 heavy (non-hydrogen) atoms. The molecule has 0 fully saturated rings. The maximum Gasteiger partial charge on any atom is 0.251 e. The molecule has 1 aromatic heterocycles. The number of aromatic nitrogens is 1. The molecular weight excluding hydrogens is 389 g/mol. The largest absolute Gasteiger partial charge is 0.340 e. The first-order valence-electron chi connectivity index (χ1n) is 9.46. The maximum atomic E-state index is 13.2. The van der Waals surface area contributed by atoms with Crippen LogP contribution >= 0.6 is 11.3 Å². The van der Waals surface area contributed by atoms with Gasteiger partial charge in [0.1, 0.15) is 16.9 Å². The predicted octanol–water partition coefficient (Wildman–Crippen LogP) is 4.41. The molecule has 0 bridgehead atoms. The standard InChI is InChI=1S/C22H24FN3O2S/c1-13(2)19(25-20(27)15-9-11-16(23)12-10-15)22(28)26(4)14(3)21-24-17-7-5-6-8-18(17)29-21/h5-14,19H,1-4H3,(H,25,27)/t14-,19-/m0/s1. The lowest BCUT2D eigenvalue weighted by atomic mass is 10.0. The van der Waals surface area contributed by atoms with E-state index < -0.39 is 17.8 Å². The minimum absolute atomic E-state index is 0.114. The number of nitrogens with zero attached hydrogens (tertiary/aromatic N) is 2. The summed E-state index contributed by atoms with van der Waals surface area (Å²) in [5, 5.41) is 3.64. The van der Waals surface area contributed by atoms with E-state index in [1.807, 2.05) is 45.0 Å². The lowest BCUT2D eigenvalue weighted by Gasteiger charge is -2.30. The monoisotopic (exact) mass is 413 g/mol. The highest BCUT2D eigenvalue weighted by Gasteiger charge is 2.30. The van der Waals surface area contributed by atoms with Crippen LogP contribution in [0.15, 0.2) is 48.5 Å². The van der Waals surface area contributed by atoms with Crippen molar-refractivity contribution >= 4 is 33.4 Å². The Morgan fingerprint density at radius 1 is 1.07 bits per heavy atom. The second-order valence-electron chi connectivity index (χ2n) is 7.35. The van der Waals surface area contributed by atoms with Crippen LogP contribution in [0.25, 0.3) is 10.2 Å². The lowest BCUT2D eigenvalue weighted by Crippen LogP contribution is -2.50. The van der Waals surface area contributed by atoms with Crippen LogP contribution in [0.4, 0.5) is 4.39 Å². The fourth-order valence-electron chi connectivity index (χ4n) is 2.98. The van der Waals surface area contributed by atoms with Crippen molar-refractivity contribution in [1.82, 2.24) is 15.2 Å². The van der Waals surface area contributed by atoms with E-state index in [4.69, 9.17) is 0 Å². The van der Waals surface area contributed by atoms with Crippen molar-refractivity contribution in [3.05, 3.63) is 64.9 Å². The molecule has 3 aromatic rings. The summed E-state index contributed by atoms with van der Waals surface area (Å²) in [5.41, 5.74) is 1.22. The van der Waals surface area contributed by atoms with Crippen LogP contribution in [0.1, 0.15) is 42.2 Å². The number of hydrogen-bond acceptors (Lipinski definition) is 4. The molecule has 0 unspecified atom stereocenters. The smallest absolute Gasteiger partial charge is 0.251 e. The summed E-state index contributed by atoms with van der Waals surface area (Å²) >= 11 is 1.56. The molecule has 0 radical (unpaired) electrons. The zero-order chi connectivity index (χ0) is 21.1. The number of thiazole rings is 1. The molecule has 0 aliphatic heterocycles. The number of rotatable bonds is 6. The van der Waals surface area contributed by atoms with Gasteiger partial charge in [-0.25, -0.2) is 9.37 Å². The number of amides is 2. The Labute approximate surface area is 173 Å². The maximum absolute atomic E-state index is 13.2. The molecular formula is C22H24FN3O2S. The Morgan fingerprint density at radius 2 is 1.72 bits per heavy atom. The van der Waals surface area contributed by atoms with Gasteiger partial charge in [-0.1, -0.05) is 26.0 Å². The van der Waals surface area contributed by atoms with Crippen LogP contribution in [-0.2, 0) is 4.79 Å². The van der Waals surface area contributed by atoms with E-state index in [0.29, 0.717) is 5.56 Å². The molecule has 1 N–H and O–H groups in total. The van der Waals surface area contributed by atoms with Gasteiger partial charge < -0.3 is 10.2 Å². The Bertz CT molecular complexity index is 983. The summed E-state index contributed by atoms with van der Waals surface area (Å²) in [7, 11) is 1.72. The number of halogens is 1. The molecule has 0 aliphatic rings. The molecule has 7 heteroatoms. The van der Waals surface area contributed by atoms with Crippen LogP contribution in [-0.4, -0.2) is 34.8 Å². The molecule has 2 amide bonds. The molecule has 2 atom stereocenters. The van der Waals surface area contributed by atoms with Crippen molar-refractivity contribution in [3.8, 4) is 0 Å². The van der Waals surface area contributed by atoms with Crippen molar-refractivity contribution in [3.63, 3.8) is 0 Å². The van der Waals surface area contributed by atoms with E-state index >= 15 is 0 Å². The summed E-state index contributed by atoms with van der Waals surface area (Å²) in [6, 6.07) is 12.2. The fourth-order valence-corrected chi connectivity index (χ4v) is 4.05. The highest BCUT2D eigenvalue weighted by Crippen LogP contribution is 2.29. The first-order valence-corrected chi connectivity index (χ1v) is 10.3. The zero-order valence-corrected chi connectivity index (χ0v) is 17.7. The van der Waals surface area contributed by atoms with Crippen molar-refractivity contribution in [2.75, 3.05) is 7.05 Å². The predicted molar refractivity (Wildman–Crippen MR) is 113 cm³/mol. The third-order valence-electron chi connectivity index (χ3n) is 4.92. The average molecular weight is 414 g/mol.